The molecule has 1 aliphatic heterocycles. The number of para-hydroxylation sites is 1. The summed E-state index contributed by atoms with van der Waals surface area (Å²) in [6.07, 6.45) is 8.19. The molecule has 0 saturated heterocycles. The van der Waals surface area contributed by atoms with Crippen LogP contribution in [-0.2, 0) is 13.0 Å². The average Bonchev–Trinajstić information content (AvgIpc) is 2.68. The number of rotatable bonds is 5. The van der Waals surface area contributed by atoms with Gasteiger partial charge in [0.2, 0.25) is 0 Å². The first kappa shape index (κ1) is 14.0. The van der Waals surface area contributed by atoms with Crippen LogP contribution in [0.5, 0.6) is 5.75 Å². The highest BCUT2D eigenvalue weighted by molar-refractivity contribution is 5.45. The minimum Gasteiger partial charge on any atom is -0.487 e. The van der Waals surface area contributed by atoms with Gasteiger partial charge in [-0.05, 0) is 25.8 Å². The predicted molar refractivity (Wildman–Crippen MR) is 79.2 cm³/mol. The molecule has 0 radical (unpaired) electrons. The van der Waals surface area contributed by atoms with Crippen LogP contribution in [-0.4, -0.2) is 11.6 Å². The van der Waals surface area contributed by atoms with Crippen LogP contribution in [0.15, 0.2) is 18.2 Å². The van der Waals surface area contributed by atoms with Crippen LogP contribution in [0, 0.1) is 12.3 Å². The smallest absolute Gasteiger partial charge is 0.127 e. The lowest BCUT2D eigenvalue weighted by Gasteiger charge is -2.19. The SMILES string of the molecule is C#CCC(CC)NCc1cccc2c1OC(C)(C)C2. The van der Waals surface area contributed by atoms with Crippen LogP contribution in [0.3, 0.4) is 0 Å². The molecule has 0 amide bonds. The first-order valence-electron chi connectivity index (χ1n) is 7.02. The van der Waals surface area contributed by atoms with E-state index in [1.165, 1.54) is 11.1 Å². The van der Waals surface area contributed by atoms with E-state index in [0.717, 1.165) is 31.6 Å². The molecular formula is C17H23NO. The highest BCUT2D eigenvalue weighted by atomic mass is 16.5. The van der Waals surface area contributed by atoms with E-state index in [4.69, 9.17) is 11.2 Å². The van der Waals surface area contributed by atoms with Crippen molar-refractivity contribution >= 4 is 0 Å². The van der Waals surface area contributed by atoms with Gasteiger partial charge in [-0.1, -0.05) is 25.1 Å². The molecule has 0 aliphatic carbocycles. The lowest BCUT2D eigenvalue weighted by molar-refractivity contribution is 0.137. The third kappa shape index (κ3) is 3.30. The molecule has 1 N–H and O–H groups in total. The van der Waals surface area contributed by atoms with Gasteiger partial charge < -0.3 is 10.1 Å². The standard InChI is InChI=1S/C17H23NO/c1-5-8-15(6-2)18-12-14-10-7-9-13-11-17(3,4)19-16(13)14/h1,7,9-10,15,18H,6,8,11-12H2,2-4H3. The van der Waals surface area contributed by atoms with E-state index in [0.29, 0.717) is 6.04 Å². The van der Waals surface area contributed by atoms with Crippen molar-refractivity contribution in [2.24, 2.45) is 0 Å². The van der Waals surface area contributed by atoms with E-state index >= 15 is 0 Å². The minimum atomic E-state index is -0.0819. The minimum absolute atomic E-state index is 0.0819. The molecule has 1 aliphatic rings. The Morgan fingerprint density at radius 3 is 2.95 bits per heavy atom. The molecule has 19 heavy (non-hydrogen) atoms. The Morgan fingerprint density at radius 2 is 2.26 bits per heavy atom. The fourth-order valence-corrected chi connectivity index (χ4v) is 2.58. The Bertz CT molecular complexity index is 485. The largest absolute Gasteiger partial charge is 0.487 e. The molecule has 0 saturated carbocycles. The van der Waals surface area contributed by atoms with Crippen molar-refractivity contribution in [2.45, 2.75) is 58.2 Å². The molecule has 1 heterocycles. The Kier molecular flexibility index (Phi) is 4.17. The Morgan fingerprint density at radius 1 is 1.47 bits per heavy atom. The molecule has 0 fully saturated rings. The van der Waals surface area contributed by atoms with Crippen molar-refractivity contribution in [1.82, 2.24) is 5.32 Å². The van der Waals surface area contributed by atoms with Crippen LogP contribution in [0.25, 0.3) is 0 Å². The number of terminal acetylenes is 1. The molecule has 0 bridgehead atoms. The monoisotopic (exact) mass is 257 g/mol. The maximum atomic E-state index is 6.07. The fraction of sp³-hybridized carbons (Fsp3) is 0.529. The van der Waals surface area contributed by atoms with Gasteiger partial charge in [0.15, 0.2) is 0 Å². The average molecular weight is 257 g/mol. The molecule has 102 valence electrons. The highest BCUT2D eigenvalue weighted by Gasteiger charge is 2.31. The number of hydrogen-bond acceptors (Lipinski definition) is 2. The van der Waals surface area contributed by atoms with E-state index in [9.17, 15) is 0 Å². The molecule has 2 heteroatoms. The van der Waals surface area contributed by atoms with E-state index in [2.05, 4.69) is 50.2 Å². The van der Waals surface area contributed by atoms with E-state index in [1.54, 1.807) is 0 Å². The number of hydrogen-bond donors (Lipinski definition) is 1. The van der Waals surface area contributed by atoms with Gasteiger partial charge in [0.25, 0.3) is 0 Å². The number of ether oxygens (including phenoxy) is 1. The van der Waals surface area contributed by atoms with Crippen LogP contribution in [0.1, 0.15) is 44.7 Å². The highest BCUT2D eigenvalue weighted by Crippen LogP contribution is 2.37. The number of nitrogens with one attached hydrogen (secondary N) is 1. The van der Waals surface area contributed by atoms with Crippen LogP contribution in [0.4, 0.5) is 0 Å². The Hall–Kier alpha value is -1.46. The summed E-state index contributed by atoms with van der Waals surface area (Å²) in [7, 11) is 0. The summed E-state index contributed by atoms with van der Waals surface area (Å²) in [6.45, 7) is 7.25. The quantitative estimate of drug-likeness (QED) is 0.817. The van der Waals surface area contributed by atoms with Gasteiger partial charge in [-0.15, -0.1) is 12.3 Å². The van der Waals surface area contributed by atoms with Crippen LogP contribution >= 0.6 is 0 Å². The summed E-state index contributed by atoms with van der Waals surface area (Å²) in [5.74, 6) is 3.79. The summed E-state index contributed by atoms with van der Waals surface area (Å²) in [5, 5.41) is 3.52. The molecule has 1 aromatic rings. The first-order chi connectivity index (χ1) is 9.05. The molecule has 1 unspecified atom stereocenters. The van der Waals surface area contributed by atoms with Gasteiger partial charge in [0.05, 0.1) is 0 Å². The van der Waals surface area contributed by atoms with Crippen molar-refractivity contribution in [2.75, 3.05) is 0 Å². The molecular weight excluding hydrogens is 234 g/mol. The lowest BCUT2D eigenvalue weighted by Crippen LogP contribution is -2.28. The summed E-state index contributed by atoms with van der Waals surface area (Å²) in [5.41, 5.74) is 2.47. The van der Waals surface area contributed by atoms with Gasteiger partial charge >= 0.3 is 0 Å². The zero-order valence-corrected chi connectivity index (χ0v) is 12.1. The summed E-state index contributed by atoms with van der Waals surface area (Å²) in [4.78, 5) is 0. The number of benzene rings is 1. The topological polar surface area (TPSA) is 21.3 Å². The summed E-state index contributed by atoms with van der Waals surface area (Å²) in [6, 6.07) is 6.79. The summed E-state index contributed by atoms with van der Waals surface area (Å²) < 4.78 is 6.07. The van der Waals surface area contributed by atoms with Crippen molar-refractivity contribution < 1.29 is 4.74 Å². The van der Waals surface area contributed by atoms with Crippen molar-refractivity contribution in [1.29, 1.82) is 0 Å². The third-order valence-corrected chi connectivity index (χ3v) is 3.61. The maximum absolute atomic E-state index is 6.07. The van der Waals surface area contributed by atoms with Crippen molar-refractivity contribution in [3.8, 4) is 18.1 Å². The zero-order chi connectivity index (χ0) is 13.9. The van der Waals surface area contributed by atoms with Gasteiger partial charge in [-0.3, -0.25) is 0 Å². The van der Waals surface area contributed by atoms with Crippen molar-refractivity contribution in [3.63, 3.8) is 0 Å². The molecule has 0 spiro atoms. The lowest BCUT2D eigenvalue weighted by atomic mass is 10.0. The van der Waals surface area contributed by atoms with E-state index in [1.807, 2.05) is 0 Å². The second-order valence-electron chi connectivity index (χ2n) is 5.84. The van der Waals surface area contributed by atoms with Gasteiger partial charge in [-0.25, -0.2) is 0 Å². The van der Waals surface area contributed by atoms with Gasteiger partial charge in [-0.2, -0.15) is 0 Å². The predicted octanol–water partition coefficient (Wildman–Crippen LogP) is 3.29. The molecule has 1 atom stereocenters. The molecule has 1 aromatic carbocycles. The van der Waals surface area contributed by atoms with Crippen LogP contribution in [0.2, 0.25) is 0 Å². The second-order valence-corrected chi connectivity index (χ2v) is 5.84. The van der Waals surface area contributed by atoms with E-state index < -0.39 is 0 Å². The first-order valence-corrected chi connectivity index (χ1v) is 7.02. The van der Waals surface area contributed by atoms with Crippen LogP contribution < -0.4 is 10.1 Å². The molecule has 2 rings (SSSR count). The molecule has 2 nitrogen and oxygen atoms in total. The Balaban J connectivity index is 2.07. The second kappa shape index (κ2) is 5.67. The normalized spacial score (nSPS) is 17.4. The summed E-state index contributed by atoms with van der Waals surface area (Å²) >= 11 is 0. The Labute approximate surface area is 116 Å². The third-order valence-electron chi connectivity index (χ3n) is 3.61. The molecule has 0 aromatic heterocycles. The zero-order valence-electron chi connectivity index (χ0n) is 12.1. The van der Waals surface area contributed by atoms with Gasteiger partial charge in [0.1, 0.15) is 11.4 Å². The number of fused-ring (bicyclic) bond motifs is 1. The van der Waals surface area contributed by atoms with Crippen molar-refractivity contribution in [3.05, 3.63) is 29.3 Å². The van der Waals surface area contributed by atoms with Gasteiger partial charge in [0, 0.05) is 31.0 Å². The fourth-order valence-electron chi connectivity index (χ4n) is 2.58. The van der Waals surface area contributed by atoms with E-state index in [-0.39, 0.29) is 5.60 Å². The maximum Gasteiger partial charge on any atom is 0.127 e.